The molecule has 3 aromatic carbocycles. The fourth-order valence-electron chi connectivity index (χ4n) is 4.50. The van der Waals surface area contributed by atoms with Gasteiger partial charge in [-0.05, 0) is 58.6 Å². The molecule has 0 unspecified atom stereocenters. The Morgan fingerprint density at radius 1 is 1.15 bits per heavy atom. The van der Waals surface area contributed by atoms with Gasteiger partial charge in [-0.15, -0.1) is 0 Å². The zero-order valence-corrected chi connectivity index (χ0v) is 23.8. The molecule has 41 heavy (non-hydrogen) atoms. The number of carbonyl (C=O) groups excluding carboxylic acids is 1. The van der Waals surface area contributed by atoms with Gasteiger partial charge < -0.3 is 14.6 Å². The molecule has 10 nitrogen and oxygen atoms in total. The van der Waals surface area contributed by atoms with Crippen LogP contribution in [-0.2, 0) is 22.5 Å². The van der Waals surface area contributed by atoms with Crippen molar-refractivity contribution in [2.45, 2.75) is 31.0 Å². The van der Waals surface area contributed by atoms with Crippen molar-refractivity contribution in [3.63, 3.8) is 0 Å². The van der Waals surface area contributed by atoms with Gasteiger partial charge in [-0.2, -0.15) is 0 Å². The second kappa shape index (κ2) is 14.6. The van der Waals surface area contributed by atoms with E-state index in [4.69, 9.17) is 25.1 Å². The molecule has 0 saturated carbocycles. The molecule has 0 spiro atoms. The van der Waals surface area contributed by atoms with E-state index in [1.807, 2.05) is 48.5 Å². The molecule has 0 aliphatic carbocycles. The lowest BCUT2D eigenvalue weighted by Crippen LogP contribution is -2.54. The third-order valence-electron chi connectivity index (χ3n) is 6.51. The number of nitrogens with zero attached hydrogens (tertiary/aromatic N) is 4. The van der Waals surface area contributed by atoms with Gasteiger partial charge in [0.25, 0.3) is 5.91 Å². The van der Waals surface area contributed by atoms with E-state index >= 15 is 0 Å². The van der Waals surface area contributed by atoms with Crippen LogP contribution in [-0.4, -0.2) is 48.9 Å². The molecule has 12 heteroatoms. The molecule has 3 aromatic rings. The standard InChI is InChI=1S/C29H30BrFN6O4/c30-24-10-6-20(7-11-24)26-29(28(39)36-33-15-14-31,18-22-4-1-2-5-23(22)19-34-37-32)35-27(41-26)21-8-12-25(13-9-21)40-17-3-16-38/h1-2,4-13,26,33,38H,3,14-19H2,(H,36,39)/t26-,29-/m0/s1. The highest BCUT2D eigenvalue weighted by molar-refractivity contribution is 9.10. The number of ether oxygens (including phenoxy) is 2. The minimum Gasteiger partial charge on any atom is -0.494 e. The van der Waals surface area contributed by atoms with Crippen molar-refractivity contribution in [3.8, 4) is 5.75 Å². The van der Waals surface area contributed by atoms with Crippen molar-refractivity contribution in [2.24, 2.45) is 10.1 Å². The summed E-state index contributed by atoms with van der Waals surface area (Å²) in [6, 6.07) is 21.9. The predicted molar refractivity (Wildman–Crippen MR) is 156 cm³/mol. The summed E-state index contributed by atoms with van der Waals surface area (Å²) < 4.78 is 25.9. The molecule has 1 heterocycles. The van der Waals surface area contributed by atoms with E-state index in [-0.39, 0.29) is 32.0 Å². The lowest BCUT2D eigenvalue weighted by atomic mass is 9.81. The zero-order chi connectivity index (χ0) is 29.1. The molecule has 3 N–H and O–H groups in total. The highest BCUT2D eigenvalue weighted by atomic mass is 79.9. The van der Waals surface area contributed by atoms with Crippen LogP contribution in [0.5, 0.6) is 5.75 Å². The first-order chi connectivity index (χ1) is 20.0. The molecular weight excluding hydrogens is 595 g/mol. The molecular formula is C29H30BrFN6O4. The van der Waals surface area contributed by atoms with E-state index < -0.39 is 24.2 Å². The number of alkyl halides is 1. The highest BCUT2D eigenvalue weighted by Gasteiger charge is 2.53. The van der Waals surface area contributed by atoms with E-state index in [0.717, 1.165) is 15.6 Å². The summed E-state index contributed by atoms with van der Waals surface area (Å²) in [6.45, 7) is -0.230. The fraction of sp³-hybridized carbons (Fsp3) is 0.310. The lowest BCUT2D eigenvalue weighted by Gasteiger charge is -2.31. The summed E-state index contributed by atoms with van der Waals surface area (Å²) in [5.41, 5.74) is 15.5. The average Bonchev–Trinajstić information content (AvgIpc) is 3.38. The fourth-order valence-corrected chi connectivity index (χ4v) is 4.76. The highest BCUT2D eigenvalue weighted by Crippen LogP contribution is 2.43. The number of hydrazine groups is 1. The zero-order valence-electron chi connectivity index (χ0n) is 22.2. The molecule has 214 valence electrons. The topological polar surface area (TPSA) is 141 Å². The molecule has 0 saturated heterocycles. The lowest BCUT2D eigenvalue weighted by molar-refractivity contribution is -0.130. The molecule has 1 aliphatic heterocycles. The van der Waals surface area contributed by atoms with Gasteiger partial charge >= 0.3 is 0 Å². The summed E-state index contributed by atoms with van der Waals surface area (Å²) in [5, 5.41) is 12.7. The summed E-state index contributed by atoms with van der Waals surface area (Å²) in [4.78, 5) is 21.8. The minimum atomic E-state index is -1.50. The number of aliphatic hydroxyl groups is 1. The molecule has 1 aliphatic rings. The normalized spacial score (nSPS) is 17.7. The summed E-state index contributed by atoms with van der Waals surface area (Å²) >= 11 is 3.46. The van der Waals surface area contributed by atoms with Crippen LogP contribution in [0.2, 0.25) is 0 Å². The average molecular weight is 625 g/mol. The Morgan fingerprint density at radius 3 is 2.56 bits per heavy atom. The molecule has 0 bridgehead atoms. The van der Waals surface area contributed by atoms with Crippen molar-refractivity contribution >= 4 is 27.7 Å². The van der Waals surface area contributed by atoms with Crippen LogP contribution in [0.25, 0.3) is 10.4 Å². The Labute approximate surface area is 245 Å². The van der Waals surface area contributed by atoms with Gasteiger partial charge in [0.15, 0.2) is 11.6 Å². The van der Waals surface area contributed by atoms with Gasteiger partial charge in [0.2, 0.25) is 5.90 Å². The van der Waals surface area contributed by atoms with Crippen molar-refractivity contribution in [1.29, 1.82) is 0 Å². The van der Waals surface area contributed by atoms with E-state index in [1.54, 1.807) is 24.3 Å². The number of benzene rings is 3. The van der Waals surface area contributed by atoms with Gasteiger partial charge in [-0.25, -0.2) is 14.8 Å². The van der Waals surface area contributed by atoms with Crippen molar-refractivity contribution < 1.29 is 23.8 Å². The van der Waals surface area contributed by atoms with Crippen LogP contribution in [0.1, 0.15) is 34.8 Å². The molecule has 4 rings (SSSR count). The maximum Gasteiger partial charge on any atom is 0.266 e. The predicted octanol–water partition coefficient (Wildman–Crippen LogP) is 5.11. The van der Waals surface area contributed by atoms with Crippen LogP contribution >= 0.6 is 15.9 Å². The van der Waals surface area contributed by atoms with Crippen molar-refractivity contribution in [1.82, 2.24) is 10.9 Å². The first kappa shape index (κ1) is 30.0. The third kappa shape index (κ3) is 7.42. The van der Waals surface area contributed by atoms with Gasteiger partial charge in [0.05, 0.1) is 13.2 Å². The van der Waals surface area contributed by atoms with E-state index in [1.165, 1.54) is 0 Å². The molecule has 2 atom stereocenters. The second-order valence-corrected chi connectivity index (χ2v) is 10.2. The van der Waals surface area contributed by atoms with E-state index in [2.05, 4.69) is 36.8 Å². The first-order valence-corrected chi connectivity index (χ1v) is 13.8. The summed E-state index contributed by atoms with van der Waals surface area (Å²) in [5.74, 6) is 0.376. The van der Waals surface area contributed by atoms with Gasteiger partial charge in [0, 0.05) is 40.9 Å². The number of aliphatic hydroxyl groups excluding tert-OH is 1. The number of hydrogen-bond acceptors (Lipinski definition) is 7. The Balaban J connectivity index is 1.80. The third-order valence-corrected chi connectivity index (χ3v) is 7.04. The molecule has 0 aromatic heterocycles. The maximum absolute atomic E-state index is 14.0. The number of hydrogen-bond donors (Lipinski definition) is 3. The molecule has 1 amide bonds. The van der Waals surface area contributed by atoms with Crippen molar-refractivity contribution in [2.75, 3.05) is 26.4 Å². The van der Waals surface area contributed by atoms with Gasteiger partial charge in [-0.3, -0.25) is 10.2 Å². The molecule has 0 fully saturated rings. The minimum absolute atomic E-state index is 0.0382. The van der Waals surface area contributed by atoms with Crippen LogP contribution in [0.4, 0.5) is 4.39 Å². The summed E-state index contributed by atoms with van der Waals surface area (Å²) in [7, 11) is 0. The van der Waals surface area contributed by atoms with Crippen LogP contribution in [0, 0.1) is 0 Å². The molecule has 0 radical (unpaired) electrons. The van der Waals surface area contributed by atoms with Crippen LogP contribution < -0.4 is 15.6 Å². The number of rotatable bonds is 14. The number of azide groups is 1. The van der Waals surface area contributed by atoms with Crippen molar-refractivity contribution in [3.05, 3.63) is 110 Å². The SMILES string of the molecule is [N-]=[N+]=NCc1ccccc1C[C@]1(C(=O)NNCCF)N=C(c2ccc(OCCCO)cc2)O[C@H]1c1ccc(Br)cc1. The Hall–Kier alpha value is -3.96. The quantitative estimate of drug-likeness (QED) is 0.0751. The smallest absolute Gasteiger partial charge is 0.266 e. The Bertz CT molecular complexity index is 1400. The number of amides is 1. The van der Waals surface area contributed by atoms with E-state index in [9.17, 15) is 9.18 Å². The number of aliphatic imine (C=N–C) groups is 1. The van der Waals surface area contributed by atoms with Crippen LogP contribution in [0.3, 0.4) is 0 Å². The maximum atomic E-state index is 14.0. The van der Waals surface area contributed by atoms with Gasteiger partial charge in [-0.1, -0.05) is 57.4 Å². The monoisotopic (exact) mass is 624 g/mol. The largest absolute Gasteiger partial charge is 0.494 e. The summed E-state index contributed by atoms with van der Waals surface area (Å²) in [6.07, 6.45) is -0.215. The second-order valence-electron chi connectivity index (χ2n) is 9.25. The van der Waals surface area contributed by atoms with E-state index in [0.29, 0.717) is 29.9 Å². The Kier molecular flexibility index (Phi) is 10.7. The number of carbonyl (C=O) groups is 1. The van der Waals surface area contributed by atoms with Gasteiger partial charge in [0.1, 0.15) is 12.4 Å². The Morgan fingerprint density at radius 2 is 1.88 bits per heavy atom. The van der Waals surface area contributed by atoms with Crippen LogP contribution in [0.15, 0.2) is 87.4 Å². The number of halogens is 2. The number of nitrogens with one attached hydrogen (secondary N) is 2. The first-order valence-electron chi connectivity index (χ1n) is 13.0.